The summed E-state index contributed by atoms with van der Waals surface area (Å²) in [5, 5.41) is 14.1. The summed E-state index contributed by atoms with van der Waals surface area (Å²) in [6, 6.07) is -1.20. The van der Waals surface area contributed by atoms with Gasteiger partial charge in [-0.1, -0.05) is 0 Å². The van der Waals surface area contributed by atoms with Crippen LogP contribution in [-0.2, 0) is 4.79 Å². The molecule has 5 nitrogen and oxygen atoms in total. The molecule has 0 radical (unpaired) electrons. The van der Waals surface area contributed by atoms with Gasteiger partial charge in [0.25, 0.3) is 0 Å². The molecule has 0 saturated heterocycles. The summed E-state index contributed by atoms with van der Waals surface area (Å²) in [6.45, 7) is 0.585. The van der Waals surface area contributed by atoms with Gasteiger partial charge in [0.15, 0.2) is 0 Å². The molecule has 0 aliphatic heterocycles. The molecule has 1 atom stereocenters. The SMILES string of the molecule is CSCCCCNC(=O)N[C@@H](CCSC)C(=O)O. The molecular weight excluding hydrogens is 272 g/mol. The topological polar surface area (TPSA) is 78.4 Å². The van der Waals surface area contributed by atoms with E-state index in [1.807, 2.05) is 12.5 Å². The third kappa shape index (κ3) is 9.47. The number of rotatable bonds is 10. The van der Waals surface area contributed by atoms with E-state index in [1.165, 1.54) is 0 Å². The van der Waals surface area contributed by atoms with Gasteiger partial charge in [0.05, 0.1) is 0 Å². The average molecular weight is 294 g/mol. The monoisotopic (exact) mass is 294 g/mol. The fourth-order valence-electron chi connectivity index (χ4n) is 1.28. The first-order chi connectivity index (χ1) is 8.61. The summed E-state index contributed by atoms with van der Waals surface area (Å²) in [7, 11) is 0. The Kier molecular flexibility index (Phi) is 11.2. The maximum absolute atomic E-state index is 11.5. The Bertz CT molecular complexity index is 252. The van der Waals surface area contributed by atoms with E-state index < -0.39 is 18.0 Å². The average Bonchev–Trinajstić information content (AvgIpc) is 2.33. The van der Waals surface area contributed by atoms with E-state index in [2.05, 4.69) is 10.6 Å². The molecule has 0 rings (SSSR count). The van der Waals surface area contributed by atoms with Crippen LogP contribution in [0.5, 0.6) is 0 Å². The van der Waals surface area contributed by atoms with Crippen LogP contribution in [0.1, 0.15) is 19.3 Å². The third-order valence-corrected chi connectivity index (χ3v) is 3.62. The minimum atomic E-state index is -0.985. The Balaban J connectivity index is 3.77. The van der Waals surface area contributed by atoms with Crippen molar-refractivity contribution in [3.63, 3.8) is 0 Å². The number of urea groups is 1. The van der Waals surface area contributed by atoms with Gasteiger partial charge in [-0.15, -0.1) is 0 Å². The van der Waals surface area contributed by atoms with Crippen LogP contribution < -0.4 is 10.6 Å². The van der Waals surface area contributed by atoms with E-state index in [-0.39, 0.29) is 0 Å². The Morgan fingerprint density at radius 2 is 1.83 bits per heavy atom. The first-order valence-electron chi connectivity index (χ1n) is 5.86. The highest BCUT2D eigenvalue weighted by Gasteiger charge is 2.18. The number of hydrogen-bond donors (Lipinski definition) is 3. The van der Waals surface area contributed by atoms with Crippen molar-refractivity contribution >= 4 is 35.5 Å². The minimum absolute atomic E-state index is 0.396. The molecule has 3 N–H and O–H groups in total. The van der Waals surface area contributed by atoms with Crippen molar-refractivity contribution in [3.05, 3.63) is 0 Å². The highest BCUT2D eigenvalue weighted by molar-refractivity contribution is 7.98. The van der Waals surface area contributed by atoms with Crippen molar-refractivity contribution in [1.82, 2.24) is 10.6 Å². The molecule has 0 aromatic rings. The van der Waals surface area contributed by atoms with Crippen molar-refractivity contribution in [2.45, 2.75) is 25.3 Å². The molecule has 0 aliphatic rings. The number of thioether (sulfide) groups is 2. The molecule has 18 heavy (non-hydrogen) atoms. The standard InChI is InChI=1S/C11H22N2O3S2/c1-17-7-4-3-6-12-11(16)13-9(10(14)15)5-8-18-2/h9H,3-8H2,1-2H3,(H,14,15)(H2,12,13,16)/t9-/m0/s1. The zero-order valence-electron chi connectivity index (χ0n) is 10.9. The summed E-state index contributed by atoms with van der Waals surface area (Å²) in [4.78, 5) is 22.4. The number of hydrogen-bond acceptors (Lipinski definition) is 4. The van der Waals surface area contributed by atoms with Gasteiger partial charge in [0, 0.05) is 6.54 Å². The van der Waals surface area contributed by atoms with Crippen molar-refractivity contribution < 1.29 is 14.7 Å². The molecule has 0 aliphatic carbocycles. The highest BCUT2D eigenvalue weighted by Crippen LogP contribution is 2.01. The van der Waals surface area contributed by atoms with Crippen LogP contribution in [0, 0.1) is 0 Å². The van der Waals surface area contributed by atoms with Crippen molar-refractivity contribution in [3.8, 4) is 0 Å². The Morgan fingerprint density at radius 3 is 2.39 bits per heavy atom. The molecule has 0 unspecified atom stereocenters. The molecular formula is C11H22N2O3S2. The number of carboxylic acid groups (broad SMARTS) is 1. The van der Waals surface area contributed by atoms with E-state index >= 15 is 0 Å². The quantitative estimate of drug-likeness (QED) is 0.534. The fraction of sp³-hybridized carbons (Fsp3) is 0.818. The molecule has 0 fully saturated rings. The van der Waals surface area contributed by atoms with Gasteiger partial charge < -0.3 is 15.7 Å². The van der Waals surface area contributed by atoms with Crippen LogP contribution >= 0.6 is 23.5 Å². The maximum atomic E-state index is 11.5. The highest BCUT2D eigenvalue weighted by atomic mass is 32.2. The lowest BCUT2D eigenvalue weighted by Gasteiger charge is -2.14. The van der Waals surface area contributed by atoms with Gasteiger partial charge in [0.1, 0.15) is 6.04 Å². The van der Waals surface area contributed by atoms with Crippen LogP contribution in [0.25, 0.3) is 0 Å². The minimum Gasteiger partial charge on any atom is -0.480 e. The summed E-state index contributed by atoms with van der Waals surface area (Å²) in [5.41, 5.74) is 0. The van der Waals surface area contributed by atoms with Crippen molar-refractivity contribution in [2.75, 3.05) is 30.6 Å². The first-order valence-corrected chi connectivity index (χ1v) is 8.65. The number of aliphatic carboxylic acids is 1. The van der Waals surface area contributed by atoms with E-state index in [4.69, 9.17) is 5.11 Å². The second-order valence-electron chi connectivity index (χ2n) is 3.77. The summed E-state index contributed by atoms with van der Waals surface area (Å²) >= 11 is 3.34. The second-order valence-corrected chi connectivity index (χ2v) is 5.74. The zero-order chi connectivity index (χ0) is 13.8. The molecule has 0 aromatic carbocycles. The summed E-state index contributed by atoms with van der Waals surface area (Å²) < 4.78 is 0. The molecule has 106 valence electrons. The van der Waals surface area contributed by atoms with Gasteiger partial charge in [0.2, 0.25) is 0 Å². The van der Waals surface area contributed by atoms with Gasteiger partial charge in [-0.25, -0.2) is 9.59 Å². The van der Waals surface area contributed by atoms with Gasteiger partial charge in [-0.2, -0.15) is 23.5 Å². The maximum Gasteiger partial charge on any atom is 0.326 e. The summed E-state index contributed by atoms with van der Waals surface area (Å²) in [6.07, 6.45) is 6.36. The first kappa shape index (κ1) is 17.4. The Labute approximate surface area is 117 Å². The molecule has 0 heterocycles. The Hall–Kier alpha value is -0.560. The lowest BCUT2D eigenvalue weighted by molar-refractivity contribution is -0.139. The van der Waals surface area contributed by atoms with E-state index in [0.717, 1.165) is 18.6 Å². The van der Waals surface area contributed by atoms with Crippen LogP contribution in [0.4, 0.5) is 4.79 Å². The largest absolute Gasteiger partial charge is 0.480 e. The van der Waals surface area contributed by atoms with Crippen LogP contribution in [0.3, 0.4) is 0 Å². The smallest absolute Gasteiger partial charge is 0.326 e. The van der Waals surface area contributed by atoms with Crippen LogP contribution in [0.15, 0.2) is 0 Å². The normalized spacial score (nSPS) is 11.9. The molecule has 2 amide bonds. The van der Waals surface area contributed by atoms with Gasteiger partial charge in [-0.3, -0.25) is 0 Å². The van der Waals surface area contributed by atoms with Gasteiger partial charge >= 0.3 is 12.0 Å². The number of unbranched alkanes of at least 4 members (excludes halogenated alkanes) is 1. The summed E-state index contributed by atoms with van der Waals surface area (Å²) in [5.74, 6) is 0.807. The number of carbonyl (C=O) groups is 2. The predicted octanol–water partition coefficient (Wildman–Crippen LogP) is 1.64. The lowest BCUT2D eigenvalue weighted by Crippen LogP contribution is -2.46. The predicted molar refractivity (Wildman–Crippen MR) is 78.6 cm³/mol. The van der Waals surface area contributed by atoms with E-state index in [9.17, 15) is 9.59 Å². The Morgan fingerprint density at radius 1 is 1.17 bits per heavy atom. The van der Waals surface area contributed by atoms with Crippen molar-refractivity contribution in [1.29, 1.82) is 0 Å². The van der Waals surface area contributed by atoms with E-state index in [0.29, 0.717) is 18.7 Å². The number of amides is 2. The van der Waals surface area contributed by atoms with E-state index in [1.54, 1.807) is 23.5 Å². The molecule has 7 heteroatoms. The third-order valence-electron chi connectivity index (χ3n) is 2.27. The fourth-order valence-corrected chi connectivity index (χ4v) is 2.24. The molecule has 0 bridgehead atoms. The molecule has 0 saturated carbocycles. The zero-order valence-corrected chi connectivity index (χ0v) is 12.5. The number of carboxylic acids is 1. The van der Waals surface area contributed by atoms with Crippen LogP contribution in [0.2, 0.25) is 0 Å². The molecule has 0 spiro atoms. The number of nitrogens with one attached hydrogen (secondary N) is 2. The lowest BCUT2D eigenvalue weighted by atomic mass is 10.2. The van der Waals surface area contributed by atoms with Gasteiger partial charge in [-0.05, 0) is 43.3 Å². The second kappa shape index (κ2) is 11.5. The molecule has 0 aromatic heterocycles. The van der Waals surface area contributed by atoms with Crippen LogP contribution in [-0.4, -0.2) is 53.7 Å². The van der Waals surface area contributed by atoms with Crippen molar-refractivity contribution in [2.24, 2.45) is 0 Å². The number of carbonyl (C=O) groups excluding carboxylic acids is 1.